The average Bonchev–Trinajstić information content (AvgIpc) is 3.04. The van der Waals surface area contributed by atoms with Gasteiger partial charge in [0.25, 0.3) is 0 Å². The third-order valence-corrected chi connectivity index (χ3v) is 4.80. The number of benzene rings is 1. The molecule has 3 rings (SSSR count). The maximum absolute atomic E-state index is 4.38. The van der Waals surface area contributed by atoms with Gasteiger partial charge in [0, 0.05) is 43.3 Å². The molecule has 0 atom stereocenters. The first kappa shape index (κ1) is 15.1. The minimum atomic E-state index is 0.846. The fourth-order valence-corrected chi connectivity index (χ4v) is 3.37. The molecule has 1 aliphatic heterocycles. The first-order chi connectivity index (χ1) is 10.7. The van der Waals surface area contributed by atoms with Gasteiger partial charge < -0.3 is 4.90 Å². The molecule has 0 unspecified atom stereocenters. The zero-order valence-corrected chi connectivity index (χ0v) is 14.0. The van der Waals surface area contributed by atoms with Gasteiger partial charge in [0.15, 0.2) is 5.13 Å². The van der Waals surface area contributed by atoms with E-state index in [1.54, 1.807) is 11.3 Å². The first-order valence-electron chi connectivity index (χ1n) is 7.65. The Morgan fingerprint density at radius 1 is 1.18 bits per heavy atom. The predicted octanol–water partition coefficient (Wildman–Crippen LogP) is 2.93. The van der Waals surface area contributed by atoms with Crippen molar-refractivity contribution in [2.24, 2.45) is 0 Å². The maximum atomic E-state index is 4.38. The minimum Gasteiger partial charge on any atom is -0.346 e. The zero-order chi connectivity index (χ0) is 15.4. The topological polar surface area (TPSA) is 19.4 Å². The van der Waals surface area contributed by atoms with Crippen molar-refractivity contribution in [3.8, 4) is 11.8 Å². The highest BCUT2D eigenvalue weighted by Gasteiger charge is 2.17. The largest absolute Gasteiger partial charge is 0.346 e. The lowest BCUT2D eigenvalue weighted by Gasteiger charge is -2.33. The molecule has 4 heteroatoms. The molecule has 0 N–H and O–H groups in total. The average molecular weight is 311 g/mol. The van der Waals surface area contributed by atoms with E-state index in [4.69, 9.17) is 0 Å². The molecule has 0 aliphatic carbocycles. The van der Waals surface area contributed by atoms with Gasteiger partial charge in [-0.1, -0.05) is 29.5 Å². The molecule has 1 saturated heterocycles. The SMILES string of the molecule is Cc1ccc(C#CCN2CCN(c3nccs3)CC2)c(C)c1. The van der Waals surface area contributed by atoms with Gasteiger partial charge in [0.2, 0.25) is 0 Å². The van der Waals surface area contributed by atoms with Gasteiger partial charge >= 0.3 is 0 Å². The molecule has 0 amide bonds. The molecule has 0 saturated carbocycles. The number of rotatable bonds is 2. The number of anilines is 1. The zero-order valence-electron chi connectivity index (χ0n) is 13.2. The van der Waals surface area contributed by atoms with Crippen LogP contribution >= 0.6 is 11.3 Å². The summed E-state index contributed by atoms with van der Waals surface area (Å²) in [5.41, 5.74) is 3.70. The van der Waals surface area contributed by atoms with Crippen LogP contribution in [0.5, 0.6) is 0 Å². The van der Waals surface area contributed by atoms with Crippen LogP contribution in [0.25, 0.3) is 0 Å². The van der Waals surface area contributed by atoms with E-state index in [1.165, 1.54) is 11.1 Å². The summed E-state index contributed by atoms with van der Waals surface area (Å²) in [5, 5.41) is 3.18. The van der Waals surface area contributed by atoms with E-state index in [9.17, 15) is 0 Å². The second kappa shape index (κ2) is 6.95. The maximum Gasteiger partial charge on any atom is 0.185 e. The number of hydrogen-bond donors (Lipinski definition) is 0. The molecule has 1 aromatic heterocycles. The summed E-state index contributed by atoms with van der Waals surface area (Å²) in [6.07, 6.45) is 1.88. The highest BCUT2D eigenvalue weighted by atomic mass is 32.1. The standard InChI is InChI=1S/C18H21N3S/c1-15-5-6-17(16(2)14-15)4-3-8-20-9-11-21(12-10-20)18-19-7-13-22-18/h5-7,13-14H,8-12H2,1-2H3. The Kier molecular flexibility index (Phi) is 4.77. The number of piperazine rings is 1. The van der Waals surface area contributed by atoms with Crippen LogP contribution in [0.2, 0.25) is 0 Å². The Bertz CT molecular complexity index is 674. The lowest BCUT2D eigenvalue weighted by atomic mass is 10.1. The third-order valence-electron chi connectivity index (χ3n) is 3.97. The lowest BCUT2D eigenvalue weighted by molar-refractivity contribution is 0.288. The van der Waals surface area contributed by atoms with Crippen LogP contribution in [0, 0.1) is 25.7 Å². The Labute approximate surface area is 136 Å². The highest BCUT2D eigenvalue weighted by Crippen LogP contribution is 2.18. The number of nitrogens with zero attached hydrogens (tertiary/aromatic N) is 3. The summed E-state index contributed by atoms with van der Waals surface area (Å²) in [7, 11) is 0. The molecule has 0 radical (unpaired) electrons. The summed E-state index contributed by atoms with van der Waals surface area (Å²) in [6, 6.07) is 6.44. The van der Waals surface area contributed by atoms with E-state index in [1.807, 2.05) is 11.6 Å². The molecule has 0 bridgehead atoms. The van der Waals surface area contributed by atoms with Gasteiger partial charge in [-0.25, -0.2) is 4.98 Å². The fraction of sp³-hybridized carbons (Fsp3) is 0.389. The number of hydrogen-bond acceptors (Lipinski definition) is 4. The van der Waals surface area contributed by atoms with E-state index in [-0.39, 0.29) is 0 Å². The Hall–Kier alpha value is -1.83. The normalized spacial score (nSPS) is 15.5. The van der Waals surface area contributed by atoms with Crippen molar-refractivity contribution in [3.05, 3.63) is 46.5 Å². The minimum absolute atomic E-state index is 0.846. The van der Waals surface area contributed by atoms with Gasteiger partial charge in [-0.2, -0.15) is 0 Å². The van der Waals surface area contributed by atoms with Gasteiger partial charge in [-0.3, -0.25) is 4.90 Å². The number of aryl methyl sites for hydroxylation is 2. The second-order valence-electron chi connectivity index (χ2n) is 5.70. The Morgan fingerprint density at radius 2 is 2.00 bits per heavy atom. The Balaban J connectivity index is 1.52. The molecule has 0 spiro atoms. The summed E-state index contributed by atoms with van der Waals surface area (Å²) in [5.74, 6) is 6.64. The fourth-order valence-electron chi connectivity index (χ4n) is 2.67. The summed E-state index contributed by atoms with van der Waals surface area (Å²) in [4.78, 5) is 9.16. The molecular formula is C18H21N3S. The van der Waals surface area contributed by atoms with Crippen LogP contribution in [0.15, 0.2) is 29.8 Å². The van der Waals surface area contributed by atoms with Crippen LogP contribution in [0.4, 0.5) is 5.13 Å². The highest BCUT2D eigenvalue weighted by molar-refractivity contribution is 7.13. The van der Waals surface area contributed by atoms with Crippen molar-refractivity contribution in [2.75, 3.05) is 37.6 Å². The van der Waals surface area contributed by atoms with Crippen molar-refractivity contribution >= 4 is 16.5 Å². The van der Waals surface area contributed by atoms with Crippen LogP contribution in [0.1, 0.15) is 16.7 Å². The van der Waals surface area contributed by atoms with Crippen LogP contribution < -0.4 is 4.90 Å². The monoisotopic (exact) mass is 311 g/mol. The molecule has 1 aliphatic rings. The van der Waals surface area contributed by atoms with Crippen molar-refractivity contribution in [3.63, 3.8) is 0 Å². The van der Waals surface area contributed by atoms with Gasteiger partial charge in [-0.15, -0.1) is 11.3 Å². The number of thiazole rings is 1. The van der Waals surface area contributed by atoms with Gasteiger partial charge in [-0.05, 0) is 25.5 Å². The van der Waals surface area contributed by atoms with Crippen LogP contribution in [0.3, 0.4) is 0 Å². The quantitative estimate of drug-likeness (QED) is 0.795. The summed E-state index contributed by atoms with van der Waals surface area (Å²) < 4.78 is 0. The third kappa shape index (κ3) is 3.68. The van der Waals surface area contributed by atoms with E-state index in [0.29, 0.717) is 0 Å². The van der Waals surface area contributed by atoms with E-state index in [2.05, 4.69) is 58.7 Å². The molecular weight excluding hydrogens is 290 g/mol. The molecule has 2 heterocycles. The summed E-state index contributed by atoms with van der Waals surface area (Å²) >= 11 is 1.72. The lowest BCUT2D eigenvalue weighted by Crippen LogP contribution is -2.46. The molecule has 114 valence electrons. The van der Waals surface area contributed by atoms with E-state index < -0.39 is 0 Å². The number of aromatic nitrogens is 1. The van der Waals surface area contributed by atoms with Gasteiger partial charge in [0.1, 0.15) is 0 Å². The predicted molar refractivity (Wildman–Crippen MR) is 93.6 cm³/mol. The smallest absolute Gasteiger partial charge is 0.185 e. The van der Waals surface area contributed by atoms with Gasteiger partial charge in [0.05, 0.1) is 6.54 Å². The molecule has 1 aromatic carbocycles. The Morgan fingerprint density at radius 3 is 2.68 bits per heavy atom. The van der Waals surface area contributed by atoms with E-state index in [0.717, 1.165) is 43.4 Å². The van der Waals surface area contributed by atoms with Crippen molar-refractivity contribution < 1.29 is 0 Å². The van der Waals surface area contributed by atoms with Crippen molar-refractivity contribution in [2.45, 2.75) is 13.8 Å². The van der Waals surface area contributed by atoms with Crippen molar-refractivity contribution in [1.82, 2.24) is 9.88 Å². The first-order valence-corrected chi connectivity index (χ1v) is 8.53. The molecule has 22 heavy (non-hydrogen) atoms. The second-order valence-corrected chi connectivity index (χ2v) is 6.57. The molecule has 2 aromatic rings. The van der Waals surface area contributed by atoms with Crippen molar-refractivity contribution in [1.29, 1.82) is 0 Å². The summed E-state index contributed by atoms with van der Waals surface area (Å²) in [6.45, 7) is 9.29. The molecule has 3 nitrogen and oxygen atoms in total. The van der Waals surface area contributed by atoms with E-state index >= 15 is 0 Å². The van der Waals surface area contributed by atoms with Crippen LogP contribution in [-0.2, 0) is 0 Å². The van der Waals surface area contributed by atoms with Crippen LogP contribution in [-0.4, -0.2) is 42.6 Å². The molecule has 1 fully saturated rings.